The number of likely N-dealkylation sites (N-methyl/N-ethyl adjacent to an activating group) is 1. The summed E-state index contributed by atoms with van der Waals surface area (Å²) >= 11 is 1.70. The van der Waals surface area contributed by atoms with Crippen molar-refractivity contribution in [1.82, 2.24) is 35.1 Å². The second-order valence-corrected chi connectivity index (χ2v) is 11.4. The van der Waals surface area contributed by atoms with Gasteiger partial charge in [0.2, 0.25) is 0 Å². The Morgan fingerprint density at radius 2 is 2.03 bits per heavy atom. The lowest BCUT2D eigenvalue weighted by molar-refractivity contribution is 0.225. The molecular formula is C30H42N8S. The Balaban J connectivity index is 1.48. The molecule has 1 aliphatic rings. The van der Waals surface area contributed by atoms with Crippen molar-refractivity contribution in [3.63, 3.8) is 0 Å². The van der Waals surface area contributed by atoms with Gasteiger partial charge >= 0.3 is 0 Å². The number of anilines is 1. The predicted octanol–water partition coefficient (Wildman–Crippen LogP) is 4.92. The fourth-order valence-electron chi connectivity index (χ4n) is 5.72. The molecule has 208 valence electrons. The number of fused-ring (bicyclic) bond motifs is 1. The van der Waals surface area contributed by atoms with Crippen molar-refractivity contribution in [2.24, 2.45) is 0 Å². The lowest BCUT2D eigenvalue weighted by atomic mass is 10.1. The molecule has 5 heterocycles. The van der Waals surface area contributed by atoms with E-state index in [2.05, 4.69) is 75.9 Å². The highest BCUT2D eigenvalue weighted by Gasteiger charge is 2.26. The molecular weight excluding hydrogens is 504 g/mol. The van der Waals surface area contributed by atoms with Crippen LogP contribution in [-0.2, 0) is 6.54 Å². The van der Waals surface area contributed by atoms with Crippen molar-refractivity contribution in [1.29, 1.82) is 0 Å². The molecule has 0 bridgehead atoms. The van der Waals surface area contributed by atoms with E-state index in [1.54, 1.807) is 11.3 Å². The molecule has 9 heteroatoms. The van der Waals surface area contributed by atoms with Gasteiger partial charge in [-0.1, -0.05) is 19.9 Å². The van der Waals surface area contributed by atoms with Gasteiger partial charge in [-0.15, -0.1) is 11.3 Å². The van der Waals surface area contributed by atoms with E-state index in [9.17, 15) is 0 Å². The van der Waals surface area contributed by atoms with Crippen molar-refractivity contribution < 1.29 is 0 Å². The summed E-state index contributed by atoms with van der Waals surface area (Å²) in [6.45, 7) is 12.7. The molecule has 0 spiro atoms. The zero-order valence-corrected chi connectivity index (χ0v) is 24.5. The van der Waals surface area contributed by atoms with Gasteiger partial charge in [0.05, 0.1) is 28.0 Å². The lowest BCUT2D eigenvalue weighted by Crippen LogP contribution is -2.40. The molecule has 0 aliphatic carbocycles. The highest BCUT2D eigenvalue weighted by molar-refractivity contribution is 7.13. The number of nitrogens with zero attached hydrogens (tertiary/aromatic N) is 6. The minimum Gasteiger partial charge on any atom is -0.354 e. The summed E-state index contributed by atoms with van der Waals surface area (Å²) in [7, 11) is 2.03. The second kappa shape index (κ2) is 13.0. The fourth-order valence-corrected chi connectivity index (χ4v) is 6.41. The average molecular weight is 547 g/mol. The monoisotopic (exact) mass is 546 g/mol. The normalized spacial score (nSPS) is 16.5. The molecule has 1 saturated heterocycles. The molecule has 0 unspecified atom stereocenters. The maximum absolute atomic E-state index is 5.24. The molecule has 1 fully saturated rings. The number of hydrogen-bond donors (Lipinski definition) is 2. The van der Waals surface area contributed by atoms with E-state index < -0.39 is 0 Å². The van der Waals surface area contributed by atoms with Crippen LogP contribution in [0.3, 0.4) is 0 Å². The summed E-state index contributed by atoms with van der Waals surface area (Å²) in [4.78, 5) is 16.4. The van der Waals surface area contributed by atoms with Crippen LogP contribution in [0, 0.1) is 0 Å². The molecule has 4 aromatic heterocycles. The Labute approximate surface area is 236 Å². The van der Waals surface area contributed by atoms with E-state index in [0.717, 1.165) is 79.0 Å². The molecule has 2 N–H and O–H groups in total. The quantitative estimate of drug-likeness (QED) is 0.247. The van der Waals surface area contributed by atoms with Crippen LogP contribution in [0.5, 0.6) is 0 Å². The maximum atomic E-state index is 5.24. The minimum atomic E-state index is 0.491. The Morgan fingerprint density at radius 1 is 1.15 bits per heavy atom. The van der Waals surface area contributed by atoms with Gasteiger partial charge in [0.15, 0.2) is 5.65 Å². The molecule has 8 nitrogen and oxygen atoms in total. The van der Waals surface area contributed by atoms with Crippen molar-refractivity contribution >= 4 is 22.8 Å². The number of rotatable bonds is 13. The van der Waals surface area contributed by atoms with Crippen molar-refractivity contribution in [3.05, 3.63) is 53.7 Å². The molecule has 39 heavy (non-hydrogen) atoms. The molecule has 0 aromatic carbocycles. The largest absolute Gasteiger partial charge is 0.354 e. The summed E-state index contributed by atoms with van der Waals surface area (Å²) in [6.07, 6.45) is 7.45. The molecule has 5 rings (SSSR count). The fraction of sp³-hybridized carbons (Fsp3) is 0.500. The van der Waals surface area contributed by atoms with E-state index in [1.807, 2.05) is 30.0 Å². The molecule has 4 aromatic rings. The Hall–Kier alpha value is -2.85. The summed E-state index contributed by atoms with van der Waals surface area (Å²) in [6, 6.07) is 11.7. The first-order valence-corrected chi connectivity index (χ1v) is 15.2. The van der Waals surface area contributed by atoms with Crippen LogP contribution in [-0.4, -0.2) is 76.3 Å². The van der Waals surface area contributed by atoms with Crippen LogP contribution in [0.25, 0.3) is 27.5 Å². The van der Waals surface area contributed by atoms with Crippen LogP contribution >= 0.6 is 11.3 Å². The van der Waals surface area contributed by atoms with Crippen molar-refractivity contribution in [2.45, 2.75) is 58.7 Å². The summed E-state index contributed by atoms with van der Waals surface area (Å²) in [5.74, 6) is 1.06. The van der Waals surface area contributed by atoms with Crippen LogP contribution in [0.4, 0.5) is 5.82 Å². The van der Waals surface area contributed by atoms with Crippen molar-refractivity contribution in [3.8, 4) is 21.8 Å². The number of nitrogens with one attached hydrogen (secondary N) is 2. The average Bonchev–Trinajstić information content (AvgIpc) is 3.73. The lowest BCUT2D eigenvalue weighted by Gasteiger charge is -2.27. The van der Waals surface area contributed by atoms with Gasteiger partial charge in [-0.25, -0.2) is 14.5 Å². The first kappa shape index (κ1) is 27.7. The Kier molecular flexibility index (Phi) is 9.24. The van der Waals surface area contributed by atoms with Gasteiger partial charge in [-0.2, -0.15) is 5.10 Å². The Morgan fingerprint density at radius 3 is 2.79 bits per heavy atom. The van der Waals surface area contributed by atoms with Gasteiger partial charge in [-0.05, 0) is 88.1 Å². The zero-order chi connectivity index (χ0) is 27.2. The minimum absolute atomic E-state index is 0.491. The molecule has 0 amide bonds. The van der Waals surface area contributed by atoms with Gasteiger partial charge in [0, 0.05) is 37.9 Å². The van der Waals surface area contributed by atoms with Crippen molar-refractivity contribution in [2.75, 3.05) is 44.7 Å². The third kappa shape index (κ3) is 6.32. The molecule has 2 atom stereocenters. The molecule has 1 aliphatic heterocycles. The van der Waals surface area contributed by atoms with E-state index in [4.69, 9.17) is 9.97 Å². The maximum Gasteiger partial charge on any atom is 0.165 e. The van der Waals surface area contributed by atoms with Gasteiger partial charge in [0.1, 0.15) is 5.82 Å². The van der Waals surface area contributed by atoms with E-state index >= 15 is 0 Å². The number of aromatic nitrogens is 4. The van der Waals surface area contributed by atoms with Gasteiger partial charge in [0.25, 0.3) is 0 Å². The van der Waals surface area contributed by atoms with Crippen LogP contribution in [0.15, 0.2) is 48.1 Å². The Bertz CT molecular complexity index is 1330. The van der Waals surface area contributed by atoms with Crippen LogP contribution in [0.1, 0.15) is 45.6 Å². The summed E-state index contributed by atoms with van der Waals surface area (Å²) in [5, 5.41) is 13.8. The molecule has 0 radical (unpaired) electrons. The SMILES string of the molecule is CCN(CC)[C@@H](C)CNCc1cc(-c2cnn3ccc(-c4cccs4)nc23)nc(N2CCC[C@H]2CCNC)c1. The van der Waals surface area contributed by atoms with E-state index in [0.29, 0.717) is 12.1 Å². The number of hydrogen-bond acceptors (Lipinski definition) is 8. The van der Waals surface area contributed by atoms with Gasteiger partial charge < -0.3 is 15.5 Å². The van der Waals surface area contributed by atoms with E-state index in [-0.39, 0.29) is 0 Å². The molecule has 0 saturated carbocycles. The van der Waals surface area contributed by atoms with E-state index in [1.165, 1.54) is 18.4 Å². The van der Waals surface area contributed by atoms with Gasteiger partial charge in [-0.3, -0.25) is 4.90 Å². The first-order valence-electron chi connectivity index (χ1n) is 14.4. The standard InChI is InChI=1S/C30H42N8S/c1-5-36(6-2)22(3)19-32-20-23-17-27(34-29(18-23)37-14-7-9-24(37)11-13-31-4)25-21-33-38-15-12-26(35-30(25)38)28-10-8-16-39-28/h8,10,12,15-18,21-22,24,31-32H,5-7,9,11,13-14,19-20H2,1-4H3/t22-,24-/m0/s1. The highest BCUT2D eigenvalue weighted by Crippen LogP contribution is 2.32. The smallest absolute Gasteiger partial charge is 0.165 e. The second-order valence-electron chi connectivity index (χ2n) is 10.4. The first-order chi connectivity index (χ1) is 19.1. The third-order valence-corrected chi connectivity index (χ3v) is 8.79. The van der Waals surface area contributed by atoms with Crippen LogP contribution in [0.2, 0.25) is 0 Å². The van der Waals surface area contributed by atoms with Crippen LogP contribution < -0.4 is 15.5 Å². The summed E-state index contributed by atoms with van der Waals surface area (Å²) < 4.78 is 1.86. The predicted molar refractivity (Wildman–Crippen MR) is 163 cm³/mol. The summed E-state index contributed by atoms with van der Waals surface area (Å²) in [5.41, 5.74) is 4.96. The number of pyridine rings is 1. The number of thiophene rings is 1. The topological polar surface area (TPSA) is 73.6 Å². The highest BCUT2D eigenvalue weighted by atomic mass is 32.1. The third-order valence-electron chi connectivity index (χ3n) is 7.89. The zero-order valence-electron chi connectivity index (χ0n) is 23.7.